The van der Waals surface area contributed by atoms with Gasteiger partial charge in [0.25, 0.3) is 0 Å². The zero-order valence-corrected chi connectivity index (χ0v) is 11.8. The molecule has 0 unspecified atom stereocenters. The molecule has 1 aromatic heterocycles. The van der Waals surface area contributed by atoms with Crippen molar-refractivity contribution in [2.45, 2.75) is 20.3 Å². The van der Waals surface area contributed by atoms with E-state index in [1.807, 2.05) is 19.9 Å². The summed E-state index contributed by atoms with van der Waals surface area (Å²) in [6.07, 6.45) is 0.864. The fourth-order valence-corrected chi connectivity index (χ4v) is 1.73. The van der Waals surface area contributed by atoms with E-state index < -0.39 is 0 Å². The Hall–Kier alpha value is -1.64. The summed E-state index contributed by atoms with van der Waals surface area (Å²) in [7, 11) is 1.65. The lowest BCUT2D eigenvalue weighted by molar-refractivity contribution is 0.0705. The minimum Gasteiger partial charge on any atom is -0.382 e. The first-order valence-corrected chi connectivity index (χ1v) is 6.38. The van der Waals surface area contributed by atoms with E-state index >= 15 is 0 Å². The van der Waals surface area contributed by atoms with Crippen molar-refractivity contribution in [3.05, 3.63) is 22.9 Å². The highest BCUT2D eigenvalue weighted by Gasteiger charge is 2.07. The number of nitrogens with one attached hydrogen (secondary N) is 1. The second kappa shape index (κ2) is 8.46. The Kier molecular flexibility index (Phi) is 6.86. The normalized spacial score (nSPS) is 10.2. The van der Waals surface area contributed by atoms with E-state index in [0.29, 0.717) is 31.2 Å². The summed E-state index contributed by atoms with van der Waals surface area (Å²) in [4.78, 5) is 4.36. The van der Waals surface area contributed by atoms with Gasteiger partial charge in [-0.3, -0.25) is 0 Å². The van der Waals surface area contributed by atoms with Gasteiger partial charge in [-0.1, -0.05) is 0 Å². The molecule has 0 saturated heterocycles. The van der Waals surface area contributed by atoms with Crippen molar-refractivity contribution in [3.8, 4) is 6.07 Å². The van der Waals surface area contributed by atoms with Gasteiger partial charge in [0.1, 0.15) is 11.9 Å². The highest BCUT2D eigenvalue weighted by Crippen LogP contribution is 2.17. The molecule has 5 heteroatoms. The molecule has 0 aliphatic heterocycles. The van der Waals surface area contributed by atoms with Gasteiger partial charge >= 0.3 is 0 Å². The maximum atomic E-state index is 9.12. The Balaban J connectivity index is 2.39. The summed E-state index contributed by atoms with van der Waals surface area (Å²) in [5, 5.41) is 12.3. The predicted octanol–water partition coefficient (Wildman–Crippen LogP) is 2.04. The zero-order chi connectivity index (χ0) is 14.1. The first-order valence-electron chi connectivity index (χ1n) is 6.38. The van der Waals surface area contributed by atoms with Crippen molar-refractivity contribution in [1.82, 2.24) is 4.98 Å². The summed E-state index contributed by atoms with van der Waals surface area (Å²) in [6, 6.07) is 4.10. The van der Waals surface area contributed by atoms with Crippen LogP contribution in [0.15, 0.2) is 6.07 Å². The first-order chi connectivity index (χ1) is 9.19. The summed E-state index contributed by atoms with van der Waals surface area (Å²) in [5.74, 6) is 0.664. The van der Waals surface area contributed by atoms with Gasteiger partial charge in [-0.25, -0.2) is 4.98 Å². The van der Waals surface area contributed by atoms with Crippen LogP contribution in [0.1, 0.15) is 23.2 Å². The van der Waals surface area contributed by atoms with Crippen LogP contribution in [0, 0.1) is 25.2 Å². The lowest BCUT2D eigenvalue weighted by atomic mass is 10.1. The number of hydrogen-bond donors (Lipinski definition) is 1. The summed E-state index contributed by atoms with van der Waals surface area (Å²) in [5.41, 5.74) is 2.48. The van der Waals surface area contributed by atoms with Crippen molar-refractivity contribution in [2.75, 3.05) is 38.8 Å². The molecular formula is C14H21N3O2. The van der Waals surface area contributed by atoms with Crippen LogP contribution >= 0.6 is 0 Å². The lowest BCUT2D eigenvalue weighted by Gasteiger charge is -2.10. The van der Waals surface area contributed by atoms with Gasteiger partial charge in [-0.05, 0) is 31.9 Å². The van der Waals surface area contributed by atoms with Crippen LogP contribution in [0.3, 0.4) is 0 Å². The molecule has 5 nitrogen and oxygen atoms in total. The van der Waals surface area contributed by atoms with Gasteiger partial charge in [-0.15, -0.1) is 0 Å². The highest BCUT2D eigenvalue weighted by molar-refractivity contribution is 5.56. The Morgan fingerprint density at radius 1 is 1.32 bits per heavy atom. The van der Waals surface area contributed by atoms with E-state index in [0.717, 1.165) is 24.2 Å². The Morgan fingerprint density at radius 3 is 2.79 bits per heavy atom. The average molecular weight is 263 g/mol. The van der Waals surface area contributed by atoms with Crippen LogP contribution in [-0.2, 0) is 9.47 Å². The van der Waals surface area contributed by atoms with Crippen molar-refractivity contribution < 1.29 is 9.47 Å². The van der Waals surface area contributed by atoms with Gasteiger partial charge in [0.15, 0.2) is 0 Å². The molecule has 1 heterocycles. The molecular weight excluding hydrogens is 242 g/mol. The van der Waals surface area contributed by atoms with Crippen molar-refractivity contribution >= 4 is 5.82 Å². The second-order valence-electron chi connectivity index (χ2n) is 4.30. The zero-order valence-electron chi connectivity index (χ0n) is 11.8. The quantitative estimate of drug-likeness (QED) is 0.727. The molecule has 0 bridgehead atoms. The van der Waals surface area contributed by atoms with Crippen LogP contribution < -0.4 is 5.32 Å². The average Bonchev–Trinajstić information content (AvgIpc) is 2.37. The molecule has 0 spiro atoms. The first kappa shape index (κ1) is 15.4. The summed E-state index contributed by atoms with van der Waals surface area (Å²) in [6.45, 7) is 6.48. The molecule has 0 atom stereocenters. The molecule has 0 aliphatic carbocycles. The maximum Gasteiger partial charge on any atom is 0.144 e. The van der Waals surface area contributed by atoms with E-state index in [1.54, 1.807) is 7.11 Å². The lowest BCUT2D eigenvalue weighted by Crippen LogP contribution is -2.10. The third kappa shape index (κ3) is 5.25. The Morgan fingerprint density at radius 2 is 2.11 bits per heavy atom. The second-order valence-corrected chi connectivity index (χ2v) is 4.30. The molecule has 104 valence electrons. The van der Waals surface area contributed by atoms with Crippen LogP contribution in [0.2, 0.25) is 0 Å². The topological polar surface area (TPSA) is 67.2 Å². The predicted molar refractivity (Wildman–Crippen MR) is 74.2 cm³/mol. The standard InChI is InChI=1S/C14H21N3O2/c1-11-9-12(2)17-14(13(11)10-15)16-5-4-6-19-8-7-18-3/h9H,4-8H2,1-3H3,(H,16,17). The number of anilines is 1. The molecule has 1 rings (SSSR count). The fraction of sp³-hybridized carbons (Fsp3) is 0.571. The van der Waals surface area contributed by atoms with E-state index in [9.17, 15) is 0 Å². The molecule has 19 heavy (non-hydrogen) atoms. The van der Waals surface area contributed by atoms with Gasteiger partial charge in [-0.2, -0.15) is 5.26 Å². The summed E-state index contributed by atoms with van der Waals surface area (Å²) < 4.78 is 10.3. The minimum absolute atomic E-state index is 0.613. The van der Waals surface area contributed by atoms with E-state index in [1.165, 1.54) is 0 Å². The van der Waals surface area contributed by atoms with Crippen LogP contribution in [0.5, 0.6) is 0 Å². The molecule has 0 aliphatic rings. The van der Waals surface area contributed by atoms with E-state index in [-0.39, 0.29) is 0 Å². The number of pyridine rings is 1. The van der Waals surface area contributed by atoms with E-state index in [4.69, 9.17) is 14.7 Å². The number of rotatable bonds is 8. The fourth-order valence-electron chi connectivity index (χ4n) is 1.73. The molecule has 0 amide bonds. The number of nitrogens with zero attached hydrogens (tertiary/aromatic N) is 2. The SMILES string of the molecule is COCCOCCCNc1nc(C)cc(C)c1C#N. The Bertz CT molecular complexity index is 441. The monoisotopic (exact) mass is 263 g/mol. The Labute approximate surface area is 114 Å². The van der Waals surface area contributed by atoms with Gasteiger partial charge in [0.05, 0.1) is 18.8 Å². The molecule has 0 aromatic carbocycles. The number of ether oxygens (including phenoxy) is 2. The molecule has 1 aromatic rings. The molecule has 0 fully saturated rings. The van der Waals surface area contributed by atoms with Gasteiger partial charge in [0, 0.05) is 26.0 Å². The third-order valence-corrected chi connectivity index (χ3v) is 2.65. The van der Waals surface area contributed by atoms with Gasteiger partial charge in [0.2, 0.25) is 0 Å². The molecule has 1 N–H and O–H groups in total. The van der Waals surface area contributed by atoms with Crippen LogP contribution in [-0.4, -0.2) is 38.5 Å². The van der Waals surface area contributed by atoms with Crippen LogP contribution in [0.4, 0.5) is 5.82 Å². The van der Waals surface area contributed by atoms with Crippen LogP contribution in [0.25, 0.3) is 0 Å². The molecule has 0 saturated carbocycles. The third-order valence-electron chi connectivity index (χ3n) is 2.65. The number of hydrogen-bond acceptors (Lipinski definition) is 5. The number of methoxy groups -OCH3 is 1. The van der Waals surface area contributed by atoms with Gasteiger partial charge < -0.3 is 14.8 Å². The number of aryl methyl sites for hydroxylation is 2. The van der Waals surface area contributed by atoms with Crippen molar-refractivity contribution in [3.63, 3.8) is 0 Å². The van der Waals surface area contributed by atoms with Crippen molar-refractivity contribution in [1.29, 1.82) is 5.26 Å². The maximum absolute atomic E-state index is 9.12. The number of aromatic nitrogens is 1. The van der Waals surface area contributed by atoms with E-state index in [2.05, 4.69) is 16.4 Å². The smallest absolute Gasteiger partial charge is 0.144 e. The largest absolute Gasteiger partial charge is 0.382 e. The summed E-state index contributed by atoms with van der Waals surface area (Å²) >= 11 is 0. The number of nitriles is 1. The minimum atomic E-state index is 0.613. The van der Waals surface area contributed by atoms with Crippen molar-refractivity contribution in [2.24, 2.45) is 0 Å². The molecule has 0 radical (unpaired) electrons. The highest BCUT2D eigenvalue weighted by atomic mass is 16.5.